The quantitative estimate of drug-likeness (QED) is 0.358. The van der Waals surface area contributed by atoms with E-state index in [1.807, 2.05) is 35.2 Å². The number of piperazine rings is 1. The fourth-order valence-electron chi connectivity index (χ4n) is 6.94. The SMILES string of the molecule is CCCCN1C(=O)[C@@H](CC2(O)CCCCC2)NC(=O)C12CCN(Cc1ccc(C(=O)NCc3ccc(OC)cc3)cn1)CC2. The number of methoxy groups -OCH3 is 1. The lowest BCUT2D eigenvalue weighted by Gasteiger charge is -2.52. The van der Waals surface area contributed by atoms with Crippen molar-refractivity contribution >= 4 is 17.7 Å². The molecule has 1 spiro atoms. The molecule has 0 bridgehead atoms. The van der Waals surface area contributed by atoms with Gasteiger partial charge in [0.25, 0.3) is 5.91 Å². The lowest BCUT2D eigenvalue weighted by atomic mass is 9.77. The van der Waals surface area contributed by atoms with E-state index < -0.39 is 17.2 Å². The number of rotatable bonds is 11. The van der Waals surface area contributed by atoms with Crippen molar-refractivity contribution in [3.63, 3.8) is 0 Å². The Morgan fingerprint density at radius 1 is 1.07 bits per heavy atom. The zero-order valence-electron chi connectivity index (χ0n) is 26.1. The van der Waals surface area contributed by atoms with Crippen molar-refractivity contribution < 1.29 is 24.2 Å². The number of aromatic nitrogens is 1. The molecular formula is C34H47N5O5. The second-order valence-electron chi connectivity index (χ2n) is 12.7. The number of piperidine rings is 1. The average molecular weight is 606 g/mol. The van der Waals surface area contributed by atoms with Crippen LogP contribution in [0.25, 0.3) is 0 Å². The first-order valence-electron chi connectivity index (χ1n) is 16.2. The number of carbonyl (C=O) groups is 3. The van der Waals surface area contributed by atoms with Gasteiger partial charge in [-0.25, -0.2) is 0 Å². The molecule has 1 atom stereocenters. The van der Waals surface area contributed by atoms with E-state index in [4.69, 9.17) is 4.74 Å². The van der Waals surface area contributed by atoms with Crippen LogP contribution in [0.2, 0.25) is 0 Å². The van der Waals surface area contributed by atoms with Gasteiger partial charge in [-0.1, -0.05) is 44.7 Å². The van der Waals surface area contributed by atoms with E-state index in [9.17, 15) is 19.5 Å². The van der Waals surface area contributed by atoms with Crippen LogP contribution >= 0.6 is 0 Å². The summed E-state index contributed by atoms with van der Waals surface area (Å²) in [7, 11) is 1.62. The fourth-order valence-corrected chi connectivity index (χ4v) is 6.94. The van der Waals surface area contributed by atoms with E-state index in [0.717, 1.165) is 49.1 Å². The van der Waals surface area contributed by atoms with Crippen LogP contribution < -0.4 is 15.4 Å². The molecule has 238 valence electrons. The van der Waals surface area contributed by atoms with E-state index in [0.29, 0.717) is 70.4 Å². The molecule has 0 unspecified atom stereocenters. The molecule has 1 aliphatic carbocycles. The summed E-state index contributed by atoms with van der Waals surface area (Å²) < 4.78 is 5.18. The van der Waals surface area contributed by atoms with Gasteiger partial charge < -0.3 is 25.4 Å². The van der Waals surface area contributed by atoms with E-state index >= 15 is 0 Å². The van der Waals surface area contributed by atoms with Gasteiger partial charge in [0, 0.05) is 45.3 Å². The topological polar surface area (TPSA) is 124 Å². The number of hydrogen-bond donors (Lipinski definition) is 3. The van der Waals surface area contributed by atoms with E-state index in [1.165, 1.54) is 0 Å². The third-order valence-electron chi connectivity index (χ3n) is 9.68. The van der Waals surface area contributed by atoms with Crippen LogP contribution in [0, 0.1) is 0 Å². The number of likely N-dealkylation sites (tertiary alicyclic amines) is 1. The minimum Gasteiger partial charge on any atom is -0.497 e. The van der Waals surface area contributed by atoms with Gasteiger partial charge in [0.1, 0.15) is 17.3 Å². The molecule has 3 fully saturated rings. The first-order chi connectivity index (χ1) is 21.2. The molecule has 1 aromatic heterocycles. The summed E-state index contributed by atoms with van der Waals surface area (Å²) in [5, 5.41) is 17.1. The van der Waals surface area contributed by atoms with Crippen LogP contribution in [0.5, 0.6) is 5.75 Å². The minimum absolute atomic E-state index is 0.0481. The highest BCUT2D eigenvalue weighted by Gasteiger charge is 2.54. The first kappa shape index (κ1) is 31.9. The second-order valence-corrected chi connectivity index (χ2v) is 12.7. The second kappa shape index (κ2) is 14.1. The summed E-state index contributed by atoms with van der Waals surface area (Å²) in [6, 6.07) is 10.6. The van der Waals surface area contributed by atoms with Crippen molar-refractivity contribution in [2.45, 2.75) is 101 Å². The van der Waals surface area contributed by atoms with Crippen molar-refractivity contribution in [2.24, 2.45) is 0 Å². The molecular weight excluding hydrogens is 558 g/mol. The van der Waals surface area contributed by atoms with Gasteiger partial charge in [-0.15, -0.1) is 0 Å². The number of hydrogen-bond acceptors (Lipinski definition) is 7. The highest BCUT2D eigenvalue weighted by atomic mass is 16.5. The highest BCUT2D eigenvalue weighted by molar-refractivity contribution is 6.00. The van der Waals surface area contributed by atoms with Crippen LogP contribution in [-0.4, -0.2) is 81.5 Å². The minimum atomic E-state index is -0.879. The van der Waals surface area contributed by atoms with E-state index in [1.54, 1.807) is 19.4 Å². The molecule has 3 aliphatic rings. The van der Waals surface area contributed by atoms with Gasteiger partial charge in [-0.2, -0.15) is 0 Å². The van der Waals surface area contributed by atoms with Crippen molar-refractivity contribution in [3.8, 4) is 5.75 Å². The van der Waals surface area contributed by atoms with E-state index in [2.05, 4.69) is 27.4 Å². The zero-order valence-corrected chi connectivity index (χ0v) is 26.1. The number of amides is 3. The Balaban J connectivity index is 1.16. The summed E-state index contributed by atoms with van der Waals surface area (Å²) >= 11 is 0. The van der Waals surface area contributed by atoms with Gasteiger partial charge in [-0.05, 0) is 61.9 Å². The van der Waals surface area contributed by atoms with Gasteiger partial charge in [-0.3, -0.25) is 24.3 Å². The van der Waals surface area contributed by atoms with Gasteiger partial charge in [0.05, 0.1) is 24.0 Å². The lowest BCUT2D eigenvalue weighted by molar-refractivity contribution is -0.163. The number of benzene rings is 1. The van der Waals surface area contributed by atoms with Crippen molar-refractivity contribution in [2.75, 3.05) is 26.7 Å². The molecule has 1 saturated carbocycles. The van der Waals surface area contributed by atoms with Crippen LogP contribution in [0.15, 0.2) is 42.6 Å². The predicted octanol–water partition coefficient (Wildman–Crippen LogP) is 3.57. The number of unbranched alkanes of at least 4 members (excludes halogenated alkanes) is 1. The summed E-state index contributed by atoms with van der Waals surface area (Å²) in [4.78, 5) is 48.8. The Labute approximate surface area is 260 Å². The van der Waals surface area contributed by atoms with Crippen LogP contribution in [0.1, 0.15) is 92.7 Å². The Morgan fingerprint density at radius 2 is 1.80 bits per heavy atom. The Morgan fingerprint density at radius 3 is 2.43 bits per heavy atom. The van der Waals surface area contributed by atoms with E-state index in [-0.39, 0.29) is 17.7 Å². The molecule has 3 heterocycles. The first-order valence-corrected chi connectivity index (χ1v) is 16.2. The Kier molecular flexibility index (Phi) is 10.2. The molecule has 3 N–H and O–H groups in total. The number of aliphatic hydroxyl groups is 1. The van der Waals surface area contributed by atoms with Crippen molar-refractivity contribution in [3.05, 3.63) is 59.4 Å². The monoisotopic (exact) mass is 605 g/mol. The maximum atomic E-state index is 13.8. The molecule has 0 radical (unpaired) electrons. The maximum absolute atomic E-state index is 13.8. The largest absolute Gasteiger partial charge is 0.497 e. The third kappa shape index (κ3) is 7.24. The van der Waals surface area contributed by atoms with Crippen molar-refractivity contribution in [1.29, 1.82) is 0 Å². The number of nitrogens with zero attached hydrogens (tertiary/aromatic N) is 3. The summed E-state index contributed by atoms with van der Waals surface area (Å²) in [6.45, 7) is 4.97. The smallest absolute Gasteiger partial charge is 0.253 e. The number of ether oxygens (including phenoxy) is 1. The van der Waals surface area contributed by atoms with Crippen molar-refractivity contribution in [1.82, 2.24) is 25.4 Å². The van der Waals surface area contributed by atoms with Crippen LogP contribution in [-0.2, 0) is 22.7 Å². The molecule has 10 nitrogen and oxygen atoms in total. The molecule has 10 heteroatoms. The summed E-state index contributed by atoms with van der Waals surface area (Å²) in [6.07, 6.45) is 9.17. The predicted molar refractivity (Wildman–Crippen MR) is 167 cm³/mol. The van der Waals surface area contributed by atoms with Gasteiger partial charge in [0.15, 0.2) is 0 Å². The van der Waals surface area contributed by atoms with Crippen LogP contribution in [0.3, 0.4) is 0 Å². The Bertz CT molecular complexity index is 1280. The lowest BCUT2D eigenvalue weighted by Crippen LogP contribution is -2.73. The van der Waals surface area contributed by atoms with Crippen LogP contribution in [0.4, 0.5) is 0 Å². The number of nitrogens with one attached hydrogen (secondary N) is 2. The normalized spacial score (nSPS) is 21.6. The van der Waals surface area contributed by atoms with Gasteiger partial charge >= 0.3 is 0 Å². The molecule has 5 rings (SSSR count). The molecule has 44 heavy (non-hydrogen) atoms. The molecule has 2 aromatic rings. The average Bonchev–Trinajstić information content (AvgIpc) is 3.04. The summed E-state index contributed by atoms with van der Waals surface area (Å²) in [5.41, 5.74) is 0.589. The zero-order chi connectivity index (χ0) is 31.2. The third-order valence-corrected chi connectivity index (χ3v) is 9.68. The maximum Gasteiger partial charge on any atom is 0.253 e. The molecule has 2 saturated heterocycles. The number of pyridine rings is 1. The fraction of sp³-hybridized carbons (Fsp3) is 0.588. The van der Waals surface area contributed by atoms with Gasteiger partial charge in [0.2, 0.25) is 11.8 Å². The molecule has 3 amide bonds. The molecule has 2 aliphatic heterocycles. The summed E-state index contributed by atoms with van der Waals surface area (Å²) in [5.74, 6) is 0.453. The molecule has 1 aromatic carbocycles. The highest BCUT2D eigenvalue weighted by Crippen LogP contribution is 2.37. The Hall–Kier alpha value is -3.50. The number of carbonyl (C=O) groups excluding carboxylic acids is 3. The standard InChI is InChI=1S/C34H47N5O5/c1-3-4-18-39-31(41)29(21-33(43)14-6-5-7-15-33)37-32(42)34(39)16-19-38(20-17-34)24-27-11-10-26(23-35-27)30(40)36-22-25-8-12-28(44-2)13-9-25/h8-13,23,29,43H,3-7,14-22,24H2,1-2H3,(H,36,40)(H,37,42)/t29-/m1/s1.